The van der Waals surface area contributed by atoms with Crippen LogP contribution in [0.5, 0.6) is 0 Å². The summed E-state index contributed by atoms with van der Waals surface area (Å²) in [6.07, 6.45) is 22.2. The number of hydrogen-bond acceptors (Lipinski definition) is 7. The van der Waals surface area contributed by atoms with Gasteiger partial charge in [0.05, 0.1) is 29.4 Å². The van der Waals surface area contributed by atoms with Crippen LogP contribution < -0.4 is 10.2 Å². The van der Waals surface area contributed by atoms with Gasteiger partial charge in [0, 0.05) is 79.1 Å². The number of aromatic nitrogens is 3. The summed E-state index contributed by atoms with van der Waals surface area (Å²) in [7, 11) is 0. The van der Waals surface area contributed by atoms with Gasteiger partial charge in [-0.2, -0.15) is 4.58 Å². The Morgan fingerprint density at radius 1 is 0.852 bits per heavy atom. The van der Waals surface area contributed by atoms with Crippen molar-refractivity contribution in [2.75, 3.05) is 37.6 Å². The van der Waals surface area contributed by atoms with Crippen molar-refractivity contribution in [1.29, 1.82) is 0 Å². The van der Waals surface area contributed by atoms with Crippen LogP contribution in [0.2, 0.25) is 0 Å². The highest BCUT2D eigenvalue weighted by Crippen LogP contribution is 2.48. The molecule has 1 aromatic heterocycles. The molecule has 11 heteroatoms. The molecule has 0 unspecified atom stereocenters. The van der Waals surface area contributed by atoms with Crippen LogP contribution in [-0.2, 0) is 31.6 Å². The molecule has 1 aliphatic carbocycles. The quantitative estimate of drug-likeness (QED) is 0.0702. The first-order valence-electron chi connectivity index (χ1n) is 22.2. The summed E-state index contributed by atoms with van der Waals surface area (Å²) in [6, 6.07) is 17.5. The fraction of sp³-hybridized carbons (Fsp3) is 0.440. The van der Waals surface area contributed by atoms with E-state index < -0.39 is 5.97 Å². The number of carbonyl (C=O) groups is 3. The normalized spacial score (nSPS) is 19.4. The van der Waals surface area contributed by atoms with Crippen molar-refractivity contribution < 1.29 is 24.1 Å². The number of carboxylic acids is 1. The number of nitrogens with one attached hydrogen (secondary N) is 1. The third-order valence-electron chi connectivity index (χ3n) is 12.7. The third-order valence-corrected chi connectivity index (χ3v) is 12.7. The van der Waals surface area contributed by atoms with E-state index in [1.807, 2.05) is 10.9 Å². The molecule has 7 rings (SSSR count). The number of fused-ring (bicyclic) bond motifs is 2. The molecule has 4 heterocycles. The fourth-order valence-electron chi connectivity index (χ4n) is 9.48. The van der Waals surface area contributed by atoms with Gasteiger partial charge in [-0.25, -0.2) is 4.68 Å². The maximum absolute atomic E-state index is 11.8. The number of benzene rings is 2. The molecule has 3 aromatic rings. The summed E-state index contributed by atoms with van der Waals surface area (Å²) in [4.78, 5) is 38.9. The zero-order valence-corrected chi connectivity index (χ0v) is 36.6. The molecule has 0 atom stereocenters. The second-order valence-corrected chi connectivity index (χ2v) is 17.7. The number of nitrogens with zero attached hydrogens (tertiary/aromatic N) is 6. The second-order valence-electron chi connectivity index (χ2n) is 17.7. The highest BCUT2D eigenvalue weighted by molar-refractivity contribution is 6.12. The van der Waals surface area contributed by atoms with Gasteiger partial charge < -0.3 is 15.3 Å². The molecule has 61 heavy (non-hydrogen) atoms. The van der Waals surface area contributed by atoms with Gasteiger partial charge in [-0.1, -0.05) is 87.4 Å². The molecule has 0 spiro atoms. The van der Waals surface area contributed by atoms with Gasteiger partial charge in [-0.15, -0.1) is 5.10 Å². The maximum atomic E-state index is 11.8. The number of allylic oxidation sites excluding steroid dienone is 8. The van der Waals surface area contributed by atoms with Crippen LogP contribution in [0.25, 0.3) is 5.70 Å². The second kappa shape index (κ2) is 18.9. The number of hydrogen-bond donors (Lipinski definition) is 2. The van der Waals surface area contributed by atoms with E-state index in [9.17, 15) is 19.5 Å². The van der Waals surface area contributed by atoms with Gasteiger partial charge >= 0.3 is 5.97 Å². The van der Waals surface area contributed by atoms with E-state index in [1.165, 1.54) is 62.1 Å². The van der Waals surface area contributed by atoms with E-state index in [1.54, 1.807) is 0 Å². The first kappa shape index (κ1) is 43.4. The molecule has 0 bridgehead atoms. The Bertz CT molecular complexity index is 2320. The van der Waals surface area contributed by atoms with Gasteiger partial charge in [0.2, 0.25) is 5.69 Å². The van der Waals surface area contributed by atoms with Gasteiger partial charge in [0.25, 0.3) is 11.8 Å². The van der Waals surface area contributed by atoms with E-state index in [-0.39, 0.29) is 29.1 Å². The summed E-state index contributed by atoms with van der Waals surface area (Å²) in [5, 5.41) is 21.9. The Hall–Kier alpha value is -5.68. The number of aryl methyl sites for hydroxylation is 1. The third kappa shape index (κ3) is 9.32. The lowest BCUT2D eigenvalue weighted by Crippen LogP contribution is -2.36. The smallest absolute Gasteiger partial charge is 0.303 e. The predicted octanol–water partition coefficient (Wildman–Crippen LogP) is 8.42. The summed E-state index contributed by atoms with van der Waals surface area (Å²) < 4.78 is 4.36. The van der Waals surface area contributed by atoms with Crippen molar-refractivity contribution in [3.05, 3.63) is 125 Å². The van der Waals surface area contributed by atoms with Gasteiger partial charge in [-0.3, -0.25) is 19.3 Å². The number of para-hydroxylation sites is 2. The van der Waals surface area contributed by atoms with Crippen LogP contribution in [0, 0.1) is 0 Å². The molecule has 11 nitrogen and oxygen atoms in total. The summed E-state index contributed by atoms with van der Waals surface area (Å²) in [5.41, 5.74) is 11.5. The number of rotatable bonds is 19. The fourth-order valence-corrected chi connectivity index (χ4v) is 9.48. The number of carboxylic acid groups (broad SMARTS) is 1. The highest BCUT2D eigenvalue weighted by atomic mass is 16.4. The molecule has 0 radical (unpaired) electrons. The summed E-state index contributed by atoms with van der Waals surface area (Å²) in [5.74, 6) is -1.31. The van der Waals surface area contributed by atoms with Gasteiger partial charge in [-0.05, 0) is 81.3 Å². The summed E-state index contributed by atoms with van der Waals surface area (Å²) in [6.45, 7) is 15.2. The van der Waals surface area contributed by atoms with Crippen molar-refractivity contribution >= 4 is 40.6 Å². The monoisotopic (exact) mass is 824 g/mol. The Morgan fingerprint density at radius 2 is 1.59 bits per heavy atom. The van der Waals surface area contributed by atoms with Crippen molar-refractivity contribution in [3.63, 3.8) is 0 Å². The van der Waals surface area contributed by atoms with Crippen molar-refractivity contribution in [3.8, 4) is 0 Å². The molecule has 2 amide bonds. The minimum Gasteiger partial charge on any atom is -0.481 e. The van der Waals surface area contributed by atoms with E-state index in [4.69, 9.17) is 0 Å². The summed E-state index contributed by atoms with van der Waals surface area (Å²) >= 11 is 0. The van der Waals surface area contributed by atoms with E-state index in [0.717, 1.165) is 76.7 Å². The van der Waals surface area contributed by atoms with E-state index in [0.29, 0.717) is 25.2 Å². The van der Waals surface area contributed by atoms with Gasteiger partial charge in [0.1, 0.15) is 6.54 Å². The van der Waals surface area contributed by atoms with Crippen LogP contribution in [0.1, 0.15) is 109 Å². The average Bonchev–Trinajstić information content (AvgIpc) is 3.95. The number of carbonyl (C=O) groups excluding carboxylic acids is 2. The first-order chi connectivity index (χ1) is 29.4. The number of unbranched alkanes of at least 4 members (excludes halogenated alkanes) is 3. The molecule has 3 aliphatic heterocycles. The van der Waals surface area contributed by atoms with Crippen molar-refractivity contribution in [2.24, 2.45) is 0 Å². The zero-order valence-electron chi connectivity index (χ0n) is 36.6. The standard InChI is InChI=1S/C50H61N7O4/c1-6-32-54-41-20-11-9-18-39(41)49(2,3)43(54)25-22-36-16-15-17-37(48(36)57-35-38(52-53-57)24-29-47(60)61)23-26-44-50(4,5)40-19-10-12-21-42(40)55(44)33-14-8-7-13-30-51-31-34-56-45(58)27-28-46(56)59/h9-12,18-23,25-28,35,51H,6-8,13-17,24,29-34H2,1-5H3/p+1. The van der Waals surface area contributed by atoms with Crippen LogP contribution in [-0.4, -0.2) is 85.8 Å². The van der Waals surface area contributed by atoms with Crippen molar-refractivity contribution in [1.82, 2.24) is 25.2 Å². The Kier molecular flexibility index (Phi) is 13.5. The largest absolute Gasteiger partial charge is 0.481 e. The van der Waals surface area contributed by atoms with Crippen LogP contribution in [0.15, 0.2) is 108 Å². The SMILES string of the molecule is CCC[N+]1=C(/C=C/C2=C(n3cc(CCC(=O)O)nn3)C(=C/C=C3/N(CCCCCCNCCN4C(=O)C=CC4=O)c4ccccc4C3(C)C)/CCC2)C(C)(C)c2ccccc21. The number of amides is 2. The molecular formula is C50H62N7O4+. The lowest BCUT2D eigenvalue weighted by molar-refractivity contribution is -0.437. The maximum Gasteiger partial charge on any atom is 0.303 e. The van der Waals surface area contributed by atoms with Crippen LogP contribution in [0.3, 0.4) is 0 Å². The topological polar surface area (TPSA) is 124 Å². The van der Waals surface area contributed by atoms with E-state index in [2.05, 4.69) is 133 Å². The molecule has 2 N–H and O–H groups in total. The van der Waals surface area contributed by atoms with Crippen LogP contribution in [0.4, 0.5) is 11.4 Å². The Labute approximate surface area is 360 Å². The molecular weight excluding hydrogens is 763 g/mol. The Morgan fingerprint density at radius 3 is 2.36 bits per heavy atom. The minimum absolute atomic E-state index is 0.00613. The van der Waals surface area contributed by atoms with Gasteiger partial charge in [0.15, 0.2) is 5.71 Å². The number of anilines is 1. The first-order valence-corrected chi connectivity index (χ1v) is 22.2. The molecule has 2 aromatic carbocycles. The highest BCUT2D eigenvalue weighted by Gasteiger charge is 2.44. The lowest BCUT2D eigenvalue weighted by Gasteiger charge is -2.27. The molecule has 0 saturated heterocycles. The van der Waals surface area contributed by atoms with Crippen molar-refractivity contribution in [2.45, 2.75) is 110 Å². The zero-order chi connectivity index (χ0) is 43.1. The van der Waals surface area contributed by atoms with E-state index >= 15 is 0 Å². The molecule has 0 fully saturated rings. The minimum atomic E-state index is -0.849. The average molecular weight is 825 g/mol. The predicted molar refractivity (Wildman–Crippen MR) is 242 cm³/mol. The van der Waals surface area contributed by atoms with Crippen LogP contribution >= 0.6 is 0 Å². The number of aliphatic carboxylic acids is 1. The molecule has 320 valence electrons. The molecule has 0 saturated carbocycles. The Balaban J connectivity index is 1.14. The lowest BCUT2D eigenvalue weighted by atomic mass is 9.81. The molecule has 4 aliphatic rings. The number of imide groups is 1.